The number of ether oxygens (including phenoxy) is 1. The number of hydrogen-bond acceptors (Lipinski definition) is 4. The number of aromatic amines is 1. The predicted molar refractivity (Wildman–Crippen MR) is 97.1 cm³/mol. The summed E-state index contributed by atoms with van der Waals surface area (Å²) in [5.74, 6) is -0.0901. The van der Waals surface area contributed by atoms with Crippen LogP contribution < -0.4 is 0 Å². The van der Waals surface area contributed by atoms with E-state index in [0.29, 0.717) is 30.9 Å². The van der Waals surface area contributed by atoms with Crippen molar-refractivity contribution < 1.29 is 14.3 Å². The number of amides is 1. The van der Waals surface area contributed by atoms with Gasteiger partial charge in [0.1, 0.15) is 0 Å². The van der Waals surface area contributed by atoms with Crippen LogP contribution in [0.3, 0.4) is 0 Å². The van der Waals surface area contributed by atoms with Crippen LogP contribution in [0.15, 0.2) is 54.7 Å². The number of aromatic nitrogens is 2. The molecule has 1 atom stereocenters. The summed E-state index contributed by atoms with van der Waals surface area (Å²) < 4.78 is 5.54. The molecule has 1 aliphatic rings. The third-order valence-electron chi connectivity index (χ3n) is 4.71. The highest BCUT2D eigenvalue weighted by Gasteiger charge is 2.31. The minimum atomic E-state index is -0.276. The predicted octanol–water partition coefficient (Wildman–Crippen LogP) is 2.68. The second kappa shape index (κ2) is 7.09. The van der Waals surface area contributed by atoms with Crippen LogP contribution in [0, 0.1) is 0 Å². The van der Waals surface area contributed by atoms with Crippen molar-refractivity contribution in [3.05, 3.63) is 65.9 Å². The van der Waals surface area contributed by atoms with Gasteiger partial charge in [-0.2, -0.15) is 5.10 Å². The fourth-order valence-electron chi connectivity index (χ4n) is 3.35. The van der Waals surface area contributed by atoms with Crippen LogP contribution in [0.5, 0.6) is 0 Å². The molecule has 26 heavy (non-hydrogen) atoms. The lowest BCUT2D eigenvalue weighted by Crippen LogP contribution is -2.49. The number of nitrogens with zero attached hydrogens (tertiary/aromatic N) is 2. The molecular weight excluding hydrogens is 330 g/mol. The summed E-state index contributed by atoms with van der Waals surface area (Å²) >= 11 is 0. The van der Waals surface area contributed by atoms with Crippen LogP contribution in [-0.2, 0) is 4.74 Å². The fraction of sp³-hybridized carbons (Fsp3) is 0.250. The van der Waals surface area contributed by atoms with Gasteiger partial charge in [0, 0.05) is 23.9 Å². The van der Waals surface area contributed by atoms with Gasteiger partial charge in [0.05, 0.1) is 36.5 Å². The molecule has 1 N–H and O–H groups in total. The van der Waals surface area contributed by atoms with E-state index >= 15 is 0 Å². The number of morpholine rings is 1. The summed E-state index contributed by atoms with van der Waals surface area (Å²) in [6.07, 6.45) is 1.94. The number of para-hydroxylation sites is 1. The number of ketones is 1. The number of carbonyl (C=O) groups is 2. The molecule has 0 radical (unpaired) electrons. The molecule has 0 spiro atoms. The Morgan fingerprint density at radius 1 is 1.15 bits per heavy atom. The van der Waals surface area contributed by atoms with E-state index in [1.165, 1.54) is 0 Å². The first-order valence-corrected chi connectivity index (χ1v) is 8.63. The SMILES string of the molecule is O=C(C[C@H]1COCCN1C(=O)c1cccc2cn[nH]c12)c1ccccc1. The standard InChI is InChI=1S/C20H19N3O3/c24-18(14-5-2-1-3-6-14)11-16-13-26-10-9-23(16)20(25)17-8-4-7-15-12-21-22-19(15)17/h1-8,12,16H,9-11,13H2,(H,21,22)/t16-/m0/s1. The Balaban J connectivity index is 1.58. The first-order valence-electron chi connectivity index (χ1n) is 8.63. The van der Waals surface area contributed by atoms with E-state index in [1.807, 2.05) is 30.3 Å². The number of fused-ring (bicyclic) bond motifs is 1. The second-order valence-electron chi connectivity index (χ2n) is 6.36. The molecule has 2 aromatic carbocycles. The van der Waals surface area contributed by atoms with Gasteiger partial charge in [-0.3, -0.25) is 14.7 Å². The summed E-state index contributed by atoms with van der Waals surface area (Å²) in [5.41, 5.74) is 1.94. The van der Waals surface area contributed by atoms with Crippen molar-refractivity contribution >= 4 is 22.6 Å². The first-order chi connectivity index (χ1) is 12.7. The Morgan fingerprint density at radius 3 is 2.85 bits per heavy atom. The smallest absolute Gasteiger partial charge is 0.256 e. The van der Waals surface area contributed by atoms with E-state index in [9.17, 15) is 9.59 Å². The van der Waals surface area contributed by atoms with Gasteiger partial charge in [0.25, 0.3) is 5.91 Å². The molecule has 1 fully saturated rings. The van der Waals surface area contributed by atoms with Gasteiger partial charge in [-0.1, -0.05) is 42.5 Å². The zero-order valence-electron chi connectivity index (χ0n) is 14.2. The molecule has 132 valence electrons. The molecule has 1 amide bonds. The summed E-state index contributed by atoms with van der Waals surface area (Å²) in [4.78, 5) is 27.5. The fourth-order valence-corrected chi connectivity index (χ4v) is 3.35. The summed E-state index contributed by atoms with van der Waals surface area (Å²) in [6.45, 7) is 1.31. The van der Waals surface area contributed by atoms with Crippen molar-refractivity contribution in [3.8, 4) is 0 Å². The van der Waals surface area contributed by atoms with E-state index in [1.54, 1.807) is 29.3 Å². The van der Waals surface area contributed by atoms with Crippen molar-refractivity contribution in [3.63, 3.8) is 0 Å². The quantitative estimate of drug-likeness (QED) is 0.735. The summed E-state index contributed by atoms with van der Waals surface area (Å²) in [6, 6.07) is 14.4. The molecule has 0 aliphatic carbocycles. The van der Waals surface area contributed by atoms with E-state index in [-0.39, 0.29) is 24.2 Å². The van der Waals surface area contributed by atoms with Crippen molar-refractivity contribution in [1.29, 1.82) is 0 Å². The molecule has 4 rings (SSSR count). The number of hydrogen-bond donors (Lipinski definition) is 1. The average Bonchev–Trinajstić information content (AvgIpc) is 3.17. The number of Topliss-reactive ketones (excluding diaryl/α,β-unsaturated/α-hetero) is 1. The maximum Gasteiger partial charge on any atom is 0.256 e. The number of carbonyl (C=O) groups excluding carboxylic acids is 2. The van der Waals surface area contributed by atoms with Crippen molar-refractivity contribution in [2.24, 2.45) is 0 Å². The Morgan fingerprint density at radius 2 is 2.00 bits per heavy atom. The average molecular weight is 349 g/mol. The highest BCUT2D eigenvalue weighted by molar-refractivity contribution is 6.06. The molecule has 2 heterocycles. The molecule has 0 unspecified atom stereocenters. The lowest BCUT2D eigenvalue weighted by molar-refractivity contribution is -0.00271. The first kappa shape index (κ1) is 16.5. The lowest BCUT2D eigenvalue weighted by atomic mass is 10.0. The largest absolute Gasteiger partial charge is 0.377 e. The van der Waals surface area contributed by atoms with Gasteiger partial charge in [-0.15, -0.1) is 0 Å². The van der Waals surface area contributed by atoms with Crippen LogP contribution in [0.4, 0.5) is 0 Å². The topological polar surface area (TPSA) is 75.3 Å². The highest BCUT2D eigenvalue weighted by atomic mass is 16.5. The van der Waals surface area contributed by atoms with Crippen LogP contribution in [0.2, 0.25) is 0 Å². The maximum atomic E-state index is 13.2. The summed E-state index contributed by atoms with van der Waals surface area (Å²) in [5, 5.41) is 7.81. The molecule has 1 aromatic heterocycles. The van der Waals surface area contributed by atoms with E-state index < -0.39 is 0 Å². The molecule has 0 bridgehead atoms. The monoisotopic (exact) mass is 349 g/mol. The Kier molecular flexibility index (Phi) is 4.50. The van der Waals surface area contributed by atoms with Gasteiger partial charge < -0.3 is 9.64 Å². The Bertz CT molecular complexity index is 936. The van der Waals surface area contributed by atoms with Gasteiger partial charge in [0.2, 0.25) is 0 Å². The molecule has 0 saturated carbocycles. The minimum absolute atomic E-state index is 0.0126. The molecule has 6 heteroatoms. The van der Waals surface area contributed by atoms with Crippen LogP contribution >= 0.6 is 0 Å². The molecular formula is C20H19N3O3. The normalized spacial score (nSPS) is 17.4. The van der Waals surface area contributed by atoms with E-state index in [0.717, 1.165) is 10.9 Å². The number of benzene rings is 2. The third kappa shape index (κ3) is 3.11. The number of rotatable bonds is 4. The van der Waals surface area contributed by atoms with Crippen LogP contribution in [0.25, 0.3) is 10.9 Å². The Hall–Kier alpha value is -2.99. The van der Waals surface area contributed by atoms with Gasteiger partial charge in [-0.05, 0) is 6.07 Å². The maximum absolute atomic E-state index is 13.2. The number of H-pyrrole nitrogens is 1. The van der Waals surface area contributed by atoms with Gasteiger partial charge in [0.15, 0.2) is 5.78 Å². The van der Waals surface area contributed by atoms with Crippen molar-refractivity contribution in [2.75, 3.05) is 19.8 Å². The van der Waals surface area contributed by atoms with Crippen molar-refractivity contribution in [1.82, 2.24) is 15.1 Å². The van der Waals surface area contributed by atoms with Gasteiger partial charge >= 0.3 is 0 Å². The molecule has 1 saturated heterocycles. The minimum Gasteiger partial charge on any atom is -0.377 e. The van der Waals surface area contributed by atoms with Crippen molar-refractivity contribution in [2.45, 2.75) is 12.5 Å². The zero-order chi connectivity index (χ0) is 17.9. The number of nitrogens with one attached hydrogen (secondary N) is 1. The molecule has 3 aromatic rings. The zero-order valence-corrected chi connectivity index (χ0v) is 14.2. The van der Waals surface area contributed by atoms with E-state index in [4.69, 9.17) is 4.74 Å². The highest BCUT2D eigenvalue weighted by Crippen LogP contribution is 2.21. The third-order valence-corrected chi connectivity index (χ3v) is 4.71. The van der Waals surface area contributed by atoms with Gasteiger partial charge in [-0.25, -0.2) is 0 Å². The molecule has 6 nitrogen and oxygen atoms in total. The lowest BCUT2D eigenvalue weighted by Gasteiger charge is -2.35. The summed E-state index contributed by atoms with van der Waals surface area (Å²) in [7, 11) is 0. The molecule has 1 aliphatic heterocycles. The second-order valence-corrected chi connectivity index (χ2v) is 6.36. The Labute approximate surface area is 150 Å². The van der Waals surface area contributed by atoms with Crippen LogP contribution in [-0.4, -0.2) is 52.6 Å². The van der Waals surface area contributed by atoms with E-state index in [2.05, 4.69) is 10.2 Å². The van der Waals surface area contributed by atoms with Crippen LogP contribution in [0.1, 0.15) is 27.1 Å².